The van der Waals surface area contributed by atoms with Crippen molar-refractivity contribution in [1.82, 2.24) is 4.98 Å². The fourth-order valence-electron chi connectivity index (χ4n) is 2.53. The van der Waals surface area contributed by atoms with Gasteiger partial charge in [0, 0.05) is 16.4 Å². The van der Waals surface area contributed by atoms with Gasteiger partial charge in [-0.15, -0.1) is 11.3 Å². The van der Waals surface area contributed by atoms with Crippen molar-refractivity contribution in [2.45, 2.75) is 19.3 Å². The van der Waals surface area contributed by atoms with Gasteiger partial charge in [0.15, 0.2) is 5.13 Å². The van der Waals surface area contributed by atoms with Crippen molar-refractivity contribution in [3.63, 3.8) is 0 Å². The predicted octanol–water partition coefficient (Wildman–Crippen LogP) is 4.73. The summed E-state index contributed by atoms with van der Waals surface area (Å²) in [6, 6.07) is 17.1. The predicted molar refractivity (Wildman–Crippen MR) is 102 cm³/mol. The smallest absolute Gasteiger partial charge is 0.257 e. The van der Waals surface area contributed by atoms with Gasteiger partial charge >= 0.3 is 0 Å². The van der Waals surface area contributed by atoms with Crippen LogP contribution in [0.1, 0.15) is 35.5 Å². The maximum absolute atomic E-state index is 12.3. The second kappa shape index (κ2) is 7.07. The number of benzene rings is 2. The fourth-order valence-corrected chi connectivity index (χ4v) is 3.41. The lowest BCUT2D eigenvalue weighted by Gasteiger charge is -2.23. The average Bonchev–Trinajstić information content (AvgIpc) is 3.12. The van der Waals surface area contributed by atoms with E-state index in [1.807, 2.05) is 47.8 Å². The summed E-state index contributed by atoms with van der Waals surface area (Å²) in [4.78, 5) is 16.9. The lowest BCUT2D eigenvalue weighted by Crippen LogP contribution is -2.19. The molecule has 0 aliphatic rings. The second-order valence-corrected chi connectivity index (χ2v) is 7.07. The first-order valence-electron chi connectivity index (χ1n) is 7.97. The van der Waals surface area contributed by atoms with E-state index < -0.39 is 0 Å². The molecule has 0 fully saturated rings. The highest BCUT2D eigenvalue weighted by Crippen LogP contribution is 2.34. The molecule has 1 amide bonds. The van der Waals surface area contributed by atoms with Crippen molar-refractivity contribution in [2.24, 2.45) is 0 Å². The summed E-state index contributed by atoms with van der Waals surface area (Å²) < 4.78 is 5.22. The number of anilines is 1. The molecule has 0 aliphatic carbocycles. The number of hydrogen-bond acceptors (Lipinski definition) is 4. The summed E-state index contributed by atoms with van der Waals surface area (Å²) in [5, 5.41) is 5.46. The van der Waals surface area contributed by atoms with Crippen LogP contribution < -0.4 is 10.1 Å². The minimum atomic E-state index is -0.265. The summed E-state index contributed by atoms with van der Waals surface area (Å²) in [6.07, 6.45) is 0. The molecule has 0 bridgehead atoms. The molecule has 3 rings (SSSR count). The molecule has 128 valence electrons. The maximum Gasteiger partial charge on any atom is 0.257 e. The SMILES string of the molecule is COc1ccc(C(C)(C)c2csc(NC(=O)c3ccccc3)n2)cc1. The molecule has 1 heterocycles. The number of hydrogen-bond donors (Lipinski definition) is 1. The van der Waals surface area contributed by atoms with Crippen LogP contribution in [0.4, 0.5) is 5.13 Å². The molecule has 5 heteroatoms. The number of rotatable bonds is 5. The van der Waals surface area contributed by atoms with E-state index in [4.69, 9.17) is 4.74 Å². The number of carbonyl (C=O) groups excluding carboxylic acids is 1. The van der Waals surface area contributed by atoms with Gasteiger partial charge in [-0.05, 0) is 29.8 Å². The normalized spacial score (nSPS) is 11.2. The van der Waals surface area contributed by atoms with Gasteiger partial charge in [-0.25, -0.2) is 4.98 Å². The van der Waals surface area contributed by atoms with Gasteiger partial charge in [0.2, 0.25) is 0 Å². The molecular weight excluding hydrogens is 332 g/mol. The van der Waals surface area contributed by atoms with Gasteiger partial charge in [0.25, 0.3) is 5.91 Å². The number of nitrogens with zero attached hydrogens (tertiary/aromatic N) is 1. The van der Waals surface area contributed by atoms with Crippen LogP contribution in [-0.2, 0) is 5.41 Å². The van der Waals surface area contributed by atoms with E-state index in [2.05, 4.69) is 24.1 Å². The number of thiazole rings is 1. The van der Waals surface area contributed by atoms with E-state index in [9.17, 15) is 4.79 Å². The van der Waals surface area contributed by atoms with Crippen LogP contribution in [0, 0.1) is 0 Å². The van der Waals surface area contributed by atoms with E-state index in [1.165, 1.54) is 11.3 Å². The van der Waals surface area contributed by atoms with Gasteiger partial charge < -0.3 is 4.74 Å². The van der Waals surface area contributed by atoms with E-state index in [1.54, 1.807) is 19.2 Å². The van der Waals surface area contributed by atoms with Gasteiger partial charge in [-0.1, -0.05) is 44.2 Å². The van der Waals surface area contributed by atoms with Crippen LogP contribution in [0.2, 0.25) is 0 Å². The number of aromatic nitrogens is 1. The lowest BCUT2D eigenvalue weighted by atomic mass is 9.82. The summed E-state index contributed by atoms with van der Waals surface area (Å²) in [6.45, 7) is 4.24. The Bertz CT molecular complexity index is 855. The molecule has 1 N–H and O–H groups in total. The minimum Gasteiger partial charge on any atom is -0.497 e. The van der Waals surface area contributed by atoms with Gasteiger partial charge in [0.1, 0.15) is 5.75 Å². The summed E-state index contributed by atoms with van der Waals surface area (Å²) in [5.41, 5.74) is 2.41. The van der Waals surface area contributed by atoms with Crippen molar-refractivity contribution in [3.05, 3.63) is 76.8 Å². The molecule has 3 aromatic rings. The molecular formula is C20H20N2O2S. The first-order valence-corrected chi connectivity index (χ1v) is 8.85. The summed E-state index contributed by atoms with van der Waals surface area (Å²) in [5.74, 6) is 0.678. The number of nitrogens with one attached hydrogen (secondary N) is 1. The van der Waals surface area contributed by atoms with Crippen LogP contribution in [0.5, 0.6) is 5.75 Å². The topological polar surface area (TPSA) is 51.2 Å². The number of methoxy groups -OCH3 is 1. The molecule has 0 aliphatic heterocycles. The van der Waals surface area contributed by atoms with Crippen LogP contribution >= 0.6 is 11.3 Å². The quantitative estimate of drug-likeness (QED) is 0.722. The Labute approximate surface area is 151 Å². The largest absolute Gasteiger partial charge is 0.497 e. The van der Waals surface area contributed by atoms with Crippen LogP contribution in [0.25, 0.3) is 0 Å². The van der Waals surface area contributed by atoms with E-state index in [0.717, 1.165) is 17.0 Å². The number of carbonyl (C=O) groups is 1. The second-order valence-electron chi connectivity index (χ2n) is 6.21. The van der Waals surface area contributed by atoms with Crippen molar-refractivity contribution in [3.8, 4) is 5.75 Å². The highest BCUT2D eigenvalue weighted by atomic mass is 32.1. The summed E-state index contributed by atoms with van der Waals surface area (Å²) >= 11 is 1.43. The van der Waals surface area contributed by atoms with E-state index in [0.29, 0.717) is 10.7 Å². The summed E-state index contributed by atoms with van der Waals surface area (Å²) in [7, 11) is 1.66. The molecule has 2 aromatic carbocycles. The van der Waals surface area contributed by atoms with E-state index in [-0.39, 0.29) is 11.3 Å². The van der Waals surface area contributed by atoms with Gasteiger partial charge in [-0.2, -0.15) is 0 Å². The molecule has 25 heavy (non-hydrogen) atoms. The Kier molecular flexibility index (Phi) is 4.86. The molecule has 0 radical (unpaired) electrons. The van der Waals surface area contributed by atoms with Crippen LogP contribution in [-0.4, -0.2) is 18.0 Å². The van der Waals surface area contributed by atoms with Crippen LogP contribution in [0.3, 0.4) is 0 Å². The maximum atomic E-state index is 12.3. The Morgan fingerprint density at radius 3 is 2.40 bits per heavy atom. The number of amides is 1. The molecule has 0 atom stereocenters. The van der Waals surface area contributed by atoms with Gasteiger partial charge in [-0.3, -0.25) is 10.1 Å². The highest BCUT2D eigenvalue weighted by Gasteiger charge is 2.26. The Morgan fingerprint density at radius 1 is 1.08 bits per heavy atom. The van der Waals surface area contributed by atoms with Crippen molar-refractivity contribution >= 4 is 22.4 Å². The standard InChI is InChI=1S/C20H20N2O2S/c1-20(2,15-9-11-16(24-3)12-10-15)17-13-25-19(21-17)22-18(23)14-7-5-4-6-8-14/h4-13H,1-3H3,(H,21,22,23). The fraction of sp³-hybridized carbons (Fsp3) is 0.200. The Hall–Kier alpha value is -2.66. The monoisotopic (exact) mass is 352 g/mol. The van der Waals surface area contributed by atoms with Crippen molar-refractivity contribution in [2.75, 3.05) is 12.4 Å². The minimum absolute atomic E-state index is 0.149. The third kappa shape index (κ3) is 3.72. The van der Waals surface area contributed by atoms with Crippen molar-refractivity contribution in [1.29, 1.82) is 0 Å². The molecule has 1 aromatic heterocycles. The van der Waals surface area contributed by atoms with Crippen LogP contribution in [0.15, 0.2) is 60.0 Å². The molecule has 4 nitrogen and oxygen atoms in total. The molecule has 0 unspecified atom stereocenters. The lowest BCUT2D eigenvalue weighted by molar-refractivity contribution is 0.102. The van der Waals surface area contributed by atoms with Gasteiger partial charge in [0.05, 0.1) is 12.8 Å². The third-order valence-corrected chi connectivity index (χ3v) is 4.97. The highest BCUT2D eigenvalue weighted by molar-refractivity contribution is 7.14. The van der Waals surface area contributed by atoms with E-state index >= 15 is 0 Å². The zero-order valence-electron chi connectivity index (χ0n) is 14.4. The van der Waals surface area contributed by atoms with Crippen molar-refractivity contribution < 1.29 is 9.53 Å². The molecule has 0 saturated carbocycles. The molecule has 0 saturated heterocycles. The first-order chi connectivity index (χ1) is 12.0. The average molecular weight is 352 g/mol. The zero-order chi connectivity index (χ0) is 17.9. The molecule has 0 spiro atoms. The number of ether oxygens (including phenoxy) is 1. The Morgan fingerprint density at radius 2 is 1.76 bits per heavy atom. The zero-order valence-corrected chi connectivity index (χ0v) is 15.3. The third-order valence-electron chi connectivity index (χ3n) is 4.21. The Balaban J connectivity index is 1.78. The first kappa shape index (κ1) is 17.2.